The fourth-order valence-corrected chi connectivity index (χ4v) is 3.96. The summed E-state index contributed by atoms with van der Waals surface area (Å²) in [6, 6.07) is 3.38. The number of hydrogen-bond donors (Lipinski definition) is 0. The number of carbonyl (C=O) groups excluding carboxylic acids is 2. The van der Waals surface area contributed by atoms with Crippen LogP contribution in [0.15, 0.2) is 22.9 Å². The van der Waals surface area contributed by atoms with Gasteiger partial charge >= 0.3 is 18.1 Å². The van der Waals surface area contributed by atoms with Gasteiger partial charge in [-0.15, -0.1) is 11.3 Å². The predicted molar refractivity (Wildman–Crippen MR) is 93.4 cm³/mol. The van der Waals surface area contributed by atoms with Crippen LogP contribution in [0.2, 0.25) is 0 Å². The molecule has 1 saturated heterocycles. The van der Waals surface area contributed by atoms with E-state index in [9.17, 15) is 22.8 Å². The molecule has 0 saturated carbocycles. The average molecular weight is 402 g/mol. The van der Waals surface area contributed by atoms with Crippen molar-refractivity contribution in [3.63, 3.8) is 0 Å². The number of hydrogen-bond acceptors (Lipinski definition) is 7. The fourth-order valence-electron chi connectivity index (χ4n) is 2.98. The molecule has 1 unspecified atom stereocenters. The molecule has 2 aliphatic heterocycles. The van der Waals surface area contributed by atoms with E-state index < -0.39 is 23.4 Å². The van der Waals surface area contributed by atoms with Gasteiger partial charge in [0.2, 0.25) is 0 Å². The van der Waals surface area contributed by atoms with Crippen LogP contribution in [0.4, 0.5) is 18.2 Å². The Bertz CT molecular complexity index is 800. The number of nitrogens with zero attached hydrogens (tertiary/aromatic N) is 2. The number of thiophene rings is 1. The summed E-state index contributed by atoms with van der Waals surface area (Å²) in [6.07, 6.45) is -2.08. The standard InChI is InChI=1S/C17H17F3N2O4S/c1-2-25-15(23)10-4-3-7-22(9-10)13-6-5-11(27-13)8-12-14(17(18,19)20)21-26-16(12)24/h5-6,8,10H,2-4,7,9H2,1H3. The third-order valence-corrected chi connectivity index (χ3v) is 5.31. The number of anilines is 1. The van der Waals surface area contributed by atoms with E-state index in [-0.39, 0.29) is 11.9 Å². The molecule has 27 heavy (non-hydrogen) atoms. The van der Waals surface area contributed by atoms with Gasteiger partial charge in [-0.25, -0.2) is 4.79 Å². The Morgan fingerprint density at radius 1 is 1.48 bits per heavy atom. The minimum absolute atomic E-state index is 0.226. The maximum Gasteiger partial charge on any atom is 0.437 e. The maximum atomic E-state index is 12.9. The van der Waals surface area contributed by atoms with Gasteiger partial charge < -0.3 is 14.5 Å². The van der Waals surface area contributed by atoms with E-state index in [4.69, 9.17) is 4.74 Å². The molecule has 1 atom stereocenters. The van der Waals surface area contributed by atoms with Gasteiger partial charge in [-0.1, -0.05) is 5.16 Å². The normalized spacial score (nSPS) is 22.0. The molecule has 0 N–H and O–H groups in total. The van der Waals surface area contributed by atoms with Gasteiger partial charge in [0.15, 0.2) is 5.71 Å². The average Bonchev–Trinajstić information content (AvgIpc) is 3.23. The van der Waals surface area contributed by atoms with E-state index in [0.717, 1.165) is 30.5 Å². The molecule has 3 rings (SSSR count). The number of ether oxygens (including phenoxy) is 1. The van der Waals surface area contributed by atoms with Crippen molar-refractivity contribution in [2.75, 3.05) is 24.6 Å². The molecular formula is C17H17F3N2O4S. The second-order valence-corrected chi connectivity index (χ2v) is 7.18. The molecule has 1 aromatic heterocycles. The lowest BCUT2D eigenvalue weighted by Gasteiger charge is -2.32. The zero-order valence-electron chi connectivity index (χ0n) is 14.4. The van der Waals surface area contributed by atoms with Crippen LogP contribution >= 0.6 is 11.3 Å². The van der Waals surface area contributed by atoms with Gasteiger partial charge in [0.1, 0.15) is 0 Å². The topological polar surface area (TPSA) is 68.2 Å². The van der Waals surface area contributed by atoms with Crippen LogP contribution in [0.3, 0.4) is 0 Å². The van der Waals surface area contributed by atoms with Crippen LogP contribution in [0.1, 0.15) is 24.6 Å². The van der Waals surface area contributed by atoms with E-state index in [1.807, 2.05) is 4.90 Å². The van der Waals surface area contributed by atoms with E-state index in [1.165, 1.54) is 11.3 Å². The summed E-state index contributed by atoms with van der Waals surface area (Å²) in [7, 11) is 0. The van der Waals surface area contributed by atoms with Crippen molar-refractivity contribution in [3.8, 4) is 0 Å². The van der Waals surface area contributed by atoms with Crippen molar-refractivity contribution in [2.24, 2.45) is 11.1 Å². The van der Waals surface area contributed by atoms with Gasteiger partial charge in [0, 0.05) is 18.0 Å². The van der Waals surface area contributed by atoms with Gasteiger partial charge in [-0.05, 0) is 38.0 Å². The summed E-state index contributed by atoms with van der Waals surface area (Å²) in [5.41, 5.74) is -1.94. The van der Waals surface area contributed by atoms with Crippen molar-refractivity contribution in [2.45, 2.75) is 25.9 Å². The van der Waals surface area contributed by atoms with Crippen molar-refractivity contribution < 1.29 is 32.3 Å². The summed E-state index contributed by atoms with van der Waals surface area (Å²) in [5, 5.41) is 3.64. The van der Waals surface area contributed by atoms with Crippen molar-refractivity contribution in [3.05, 3.63) is 22.6 Å². The van der Waals surface area contributed by atoms with Gasteiger partial charge in [0.05, 0.1) is 23.1 Å². The molecular weight excluding hydrogens is 385 g/mol. The van der Waals surface area contributed by atoms with Crippen molar-refractivity contribution >= 4 is 40.1 Å². The van der Waals surface area contributed by atoms with Crippen LogP contribution in [-0.4, -0.2) is 43.5 Å². The quantitative estimate of drug-likeness (QED) is 0.439. The number of oxime groups is 1. The first kappa shape index (κ1) is 19.4. The Balaban J connectivity index is 1.76. The third-order valence-electron chi connectivity index (χ3n) is 4.22. The van der Waals surface area contributed by atoms with E-state index >= 15 is 0 Å². The smallest absolute Gasteiger partial charge is 0.437 e. The minimum atomic E-state index is -4.77. The van der Waals surface area contributed by atoms with Crippen LogP contribution in [0, 0.1) is 5.92 Å². The molecule has 0 spiro atoms. The van der Waals surface area contributed by atoms with Gasteiger partial charge in [-0.3, -0.25) is 4.79 Å². The summed E-state index contributed by atoms with van der Waals surface area (Å²) in [6.45, 7) is 3.31. The van der Waals surface area contributed by atoms with Gasteiger partial charge in [0.25, 0.3) is 0 Å². The second kappa shape index (κ2) is 7.71. The van der Waals surface area contributed by atoms with Crippen molar-refractivity contribution in [1.29, 1.82) is 0 Å². The predicted octanol–water partition coefficient (Wildman–Crippen LogP) is 3.39. The maximum absolute atomic E-state index is 12.9. The van der Waals surface area contributed by atoms with Crippen LogP contribution < -0.4 is 4.90 Å². The molecule has 2 aliphatic rings. The zero-order chi connectivity index (χ0) is 19.6. The lowest BCUT2D eigenvalue weighted by atomic mass is 9.98. The molecule has 1 aromatic rings. The number of rotatable bonds is 4. The van der Waals surface area contributed by atoms with Crippen LogP contribution in [0.5, 0.6) is 0 Å². The fraction of sp³-hybridized carbons (Fsp3) is 0.471. The molecule has 0 amide bonds. The molecule has 146 valence electrons. The highest BCUT2D eigenvalue weighted by Crippen LogP contribution is 2.34. The zero-order valence-corrected chi connectivity index (χ0v) is 15.2. The Hall–Kier alpha value is -2.36. The Morgan fingerprint density at radius 2 is 2.26 bits per heavy atom. The highest BCUT2D eigenvalue weighted by Gasteiger charge is 2.45. The molecule has 0 aromatic carbocycles. The first-order chi connectivity index (χ1) is 12.8. The number of piperidine rings is 1. The molecule has 0 radical (unpaired) electrons. The van der Waals surface area contributed by atoms with E-state index in [2.05, 4.69) is 9.99 Å². The van der Waals surface area contributed by atoms with Gasteiger partial charge in [-0.2, -0.15) is 13.2 Å². The molecule has 3 heterocycles. The summed E-state index contributed by atoms with van der Waals surface area (Å²) < 4.78 is 43.8. The molecule has 0 bridgehead atoms. The number of alkyl halides is 3. The number of carbonyl (C=O) groups is 2. The lowest BCUT2D eigenvalue weighted by molar-refractivity contribution is -0.148. The monoisotopic (exact) mass is 402 g/mol. The minimum Gasteiger partial charge on any atom is -0.466 e. The highest BCUT2D eigenvalue weighted by molar-refractivity contribution is 7.17. The number of esters is 1. The van der Waals surface area contributed by atoms with Crippen LogP contribution in [-0.2, 0) is 19.2 Å². The molecule has 0 aliphatic carbocycles. The SMILES string of the molecule is CCOC(=O)C1CCCN(c2ccc(C=C3C(=O)ON=C3C(F)(F)F)s2)C1. The molecule has 1 fully saturated rings. The first-order valence-electron chi connectivity index (χ1n) is 8.39. The second-order valence-electron chi connectivity index (χ2n) is 6.09. The Labute approximate surface area is 157 Å². The largest absolute Gasteiger partial charge is 0.466 e. The molecule has 6 nitrogen and oxygen atoms in total. The van der Waals surface area contributed by atoms with E-state index in [1.54, 1.807) is 19.1 Å². The summed E-state index contributed by atoms with van der Waals surface area (Å²) in [4.78, 5) is 30.1. The van der Waals surface area contributed by atoms with Crippen LogP contribution in [0.25, 0.3) is 6.08 Å². The molecule has 10 heteroatoms. The third kappa shape index (κ3) is 4.32. The highest BCUT2D eigenvalue weighted by atomic mass is 32.1. The summed E-state index contributed by atoms with van der Waals surface area (Å²) >= 11 is 1.24. The Morgan fingerprint density at radius 3 is 2.96 bits per heavy atom. The van der Waals surface area contributed by atoms with Crippen molar-refractivity contribution in [1.82, 2.24) is 0 Å². The Kier molecular flexibility index (Phi) is 5.54. The number of halogens is 3. The lowest BCUT2D eigenvalue weighted by Crippen LogP contribution is -2.39. The summed E-state index contributed by atoms with van der Waals surface area (Å²) in [5.74, 6) is -1.59. The first-order valence-corrected chi connectivity index (χ1v) is 9.21. The van der Waals surface area contributed by atoms with E-state index in [0.29, 0.717) is 18.0 Å².